The minimum atomic E-state index is 0.788. The minimum Gasteiger partial charge on any atom is -0.361 e. The summed E-state index contributed by atoms with van der Waals surface area (Å²) >= 11 is 1.77. The molecule has 1 aromatic carbocycles. The first-order valence-corrected chi connectivity index (χ1v) is 7.87. The number of benzene rings is 1. The van der Waals surface area contributed by atoms with Crippen LogP contribution in [0.25, 0.3) is 10.2 Å². The van der Waals surface area contributed by atoms with Crippen LogP contribution < -0.4 is 10.6 Å². The molecule has 0 bridgehead atoms. The summed E-state index contributed by atoms with van der Waals surface area (Å²) in [6.07, 6.45) is 2.55. The van der Waals surface area contributed by atoms with E-state index >= 15 is 0 Å². The molecule has 0 spiro atoms. The molecule has 1 aromatic heterocycles. The van der Waals surface area contributed by atoms with E-state index in [2.05, 4.69) is 36.6 Å². The highest BCUT2D eigenvalue weighted by Gasteiger charge is 2.14. The maximum absolute atomic E-state index is 4.75. The number of aromatic nitrogens is 1. The van der Waals surface area contributed by atoms with Gasteiger partial charge in [-0.1, -0.05) is 17.4 Å². The van der Waals surface area contributed by atoms with Crippen LogP contribution in [-0.4, -0.2) is 24.6 Å². The van der Waals surface area contributed by atoms with E-state index < -0.39 is 0 Å². The third-order valence-corrected chi connectivity index (χ3v) is 5.06. The van der Waals surface area contributed by atoms with E-state index in [0.717, 1.165) is 36.2 Å². The van der Waals surface area contributed by atoms with Gasteiger partial charge in [-0.3, -0.25) is 0 Å². The van der Waals surface area contributed by atoms with Gasteiger partial charge in [0.25, 0.3) is 0 Å². The molecule has 1 aliphatic heterocycles. The summed E-state index contributed by atoms with van der Waals surface area (Å²) in [6.45, 7) is 7.68. The first-order valence-electron chi connectivity index (χ1n) is 7.05. The first kappa shape index (κ1) is 12.9. The van der Waals surface area contributed by atoms with Gasteiger partial charge in [-0.25, -0.2) is 4.98 Å². The fourth-order valence-electron chi connectivity index (χ4n) is 2.62. The molecule has 0 atom stereocenters. The van der Waals surface area contributed by atoms with Gasteiger partial charge in [-0.15, -0.1) is 0 Å². The third kappa shape index (κ3) is 2.74. The fraction of sp³-hybridized carbons (Fsp3) is 0.533. The highest BCUT2D eigenvalue weighted by atomic mass is 32.1. The van der Waals surface area contributed by atoms with E-state index in [0.29, 0.717) is 0 Å². The van der Waals surface area contributed by atoms with Crippen molar-refractivity contribution in [2.24, 2.45) is 5.92 Å². The summed E-state index contributed by atoms with van der Waals surface area (Å²) in [7, 11) is 0. The number of thiazole rings is 1. The zero-order chi connectivity index (χ0) is 13.2. The molecule has 0 radical (unpaired) electrons. The fourth-order valence-corrected chi connectivity index (χ4v) is 3.55. The van der Waals surface area contributed by atoms with Crippen LogP contribution in [-0.2, 0) is 0 Å². The molecule has 0 aliphatic carbocycles. The molecule has 102 valence electrons. The van der Waals surface area contributed by atoms with Gasteiger partial charge in [0.15, 0.2) is 5.13 Å². The van der Waals surface area contributed by atoms with Crippen LogP contribution in [0.2, 0.25) is 0 Å². The van der Waals surface area contributed by atoms with Gasteiger partial charge in [0.2, 0.25) is 0 Å². The van der Waals surface area contributed by atoms with E-state index in [9.17, 15) is 0 Å². The van der Waals surface area contributed by atoms with Crippen molar-refractivity contribution in [3.8, 4) is 0 Å². The average Bonchev–Trinajstić information content (AvgIpc) is 2.86. The maximum atomic E-state index is 4.75. The van der Waals surface area contributed by atoms with Gasteiger partial charge < -0.3 is 10.6 Å². The van der Waals surface area contributed by atoms with Crippen molar-refractivity contribution >= 4 is 26.7 Å². The molecule has 3 rings (SSSR count). The highest BCUT2D eigenvalue weighted by molar-refractivity contribution is 7.22. The largest absolute Gasteiger partial charge is 0.361 e. The van der Waals surface area contributed by atoms with Gasteiger partial charge in [-0.2, -0.15) is 0 Å². The molecule has 1 aliphatic rings. The zero-order valence-electron chi connectivity index (χ0n) is 11.6. The molecule has 1 saturated heterocycles. The predicted molar refractivity (Wildman–Crippen MR) is 83.2 cm³/mol. The van der Waals surface area contributed by atoms with Crippen molar-refractivity contribution in [2.75, 3.05) is 25.0 Å². The Morgan fingerprint density at radius 2 is 2.11 bits per heavy atom. The van der Waals surface area contributed by atoms with Crippen LogP contribution in [0.1, 0.15) is 24.0 Å². The van der Waals surface area contributed by atoms with Crippen molar-refractivity contribution in [2.45, 2.75) is 26.7 Å². The number of piperidine rings is 1. The lowest BCUT2D eigenvalue weighted by Crippen LogP contribution is -2.31. The van der Waals surface area contributed by atoms with E-state index in [1.165, 1.54) is 28.7 Å². The Kier molecular flexibility index (Phi) is 3.71. The Morgan fingerprint density at radius 1 is 1.32 bits per heavy atom. The summed E-state index contributed by atoms with van der Waals surface area (Å²) in [5.41, 5.74) is 3.80. The Hall–Kier alpha value is -1.13. The maximum Gasteiger partial charge on any atom is 0.183 e. The van der Waals surface area contributed by atoms with E-state index in [4.69, 9.17) is 4.98 Å². The Morgan fingerprint density at radius 3 is 2.89 bits per heavy atom. The molecule has 2 N–H and O–H groups in total. The van der Waals surface area contributed by atoms with Gasteiger partial charge in [0, 0.05) is 6.54 Å². The summed E-state index contributed by atoms with van der Waals surface area (Å²) in [4.78, 5) is 4.75. The quantitative estimate of drug-likeness (QED) is 0.902. The number of aryl methyl sites for hydroxylation is 2. The molecular formula is C15H21N3S. The van der Waals surface area contributed by atoms with E-state index in [-0.39, 0.29) is 0 Å². The Balaban J connectivity index is 1.72. The summed E-state index contributed by atoms with van der Waals surface area (Å²) in [5, 5.41) is 8.01. The summed E-state index contributed by atoms with van der Waals surface area (Å²) in [6, 6.07) is 4.37. The molecule has 0 unspecified atom stereocenters. The van der Waals surface area contributed by atoms with Crippen LogP contribution in [0.3, 0.4) is 0 Å². The topological polar surface area (TPSA) is 37.0 Å². The number of nitrogens with one attached hydrogen (secondary N) is 2. The number of hydrogen-bond acceptors (Lipinski definition) is 4. The van der Waals surface area contributed by atoms with Crippen molar-refractivity contribution in [3.63, 3.8) is 0 Å². The number of fused-ring (bicyclic) bond motifs is 1. The van der Waals surface area contributed by atoms with Crippen molar-refractivity contribution in [1.29, 1.82) is 0 Å². The normalized spacial score (nSPS) is 16.9. The lowest BCUT2D eigenvalue weighted by molar-refractivity contribution is 0.390. The van der Waals surface area contributed by atoms with Crippen molar-refractivity contribution in [1.82, 2.24) is 10.3 Å². The lowest BCUT2D eigenvalue weighted by Gasteiger charge is -2.22. The van der Waals surface area contributed by atoms with Crippen LogP contribution >= 0.6 is 11.3 Å². The van der Waals surface area contributed by atoms with Gasteiger partial charge in [0.05, 0.1) is 10.2 Å². The number of rotatable bonds is 3. The van der Waals surface area contributed by atoms with Gasteiger partial charge >= 0.3 is 0 Å². The third-order valence-electron chi connectivity index (χ3n) is 4.09. The van der Waals surface area contributed by atoms with Crippen LogP contribution in [0.5, 0.6) is 0 Å². The highest BCUT2D eigenvalue weighted by Crippen LogP contribution is 2.29. The smallest absolute Gasteiger partial charge is 0.183 e. The van der Waals surface area contributed by atoms with E-state index in [1.807, 2.05) is 0 Å². The molecule has 19 heavy (non-hydrogen) atoms. The second kappa shape index (κ2) is 5.47. The molecular weight excluding hydrogens is 254 g/mol. The van der Waals surface area contributed by atoms with Crippen LogP contribution in [0, 0.1) is 19.8 Å². The monoisotopic (exact) mass is 275 g/mol. The first-order chi connectivity index (χ1) is 9.24. The van der Waals surface area contributed by atoms with Gasteiger partial charge in [0.1, 0.15) is 0 Å². The molecule has 4 heteroatoms. The Labute approximate surface area is 118 Å². The molecule has 3 nitrogen and oxygen atoms in total. The van der Waals surface area contributed by atoms with Crippen molar-refractivity contribution in [3.05, 3.63) is 23.3 Å². The summed E-state index contributed by atoms with van der Waals surface area (Å²) in [5.74, 6) is 0.788. The lowest BCUT2D eigenvalue weighted by atomic mass is 9.98. The Bertz CT molecular complexity index is 570. The molecule has 0 saturated carbocycles. The number of nitrogens with zero attached hydrogens (tertiary/aromatic N) is 1. The SMILES string of the molecule is Cc1ccc2sc(NCC3CCNCC3)nc2c1C. The second-order valence-electron chi connectivity index (χ2n) is 5.45. The molecule has 0 amide bonds. The average molecular weight is 275 g/mol. The summed E-state index contributed by atoms with van der Waals surface area (Å²) < 4.78 is 1.29. The zero-order valence-corrected chi connectivity index (χ0v) is 12.4. The molecule has 2 aromatic rings. The number of anilines is 1. The number of hydrogen-bond donors (Lipinski definition) is 2. The van der Waals surface area contributed by atoms with Crippen molar-refractivity contribution < 1.29 is 0 Å². The van der Waals surface area contributed by atoms with Gasteiger partial charge in [-0.05, 0) is 62.9 Å². The van der Waals surface area contributed by atoms with Crippen LogP contribution in [0.4, 0.5) is 5.13 Å². The minimum absolute atomic E-state index is 0.788. The second-order valence-corrected chi connectivity index (χ2v) is 6.48. The predicted octanol–water partition coefficient (Wildman–Crippen LogP) is 3.32. The molecule has 2 heterocycles. The van der Waals surface area contributed by atoms with Crippen LogP contribution in [0.15, 0.2) is 12.1 Å². The standard InChI is InChI=1S/C15H21N3S/c1-10-3-4-13-14(11(10)2)18-15(19-13)17-9-12-5-7-16-8-6-12/h3-4,12,16H,5-9H2,1-2H3,(H,17,18). The molecule has 1 fully saturated rings. The van der Waals surface area contributed by atoms with E-state index in [1.54, 1.807) is 11.3 Å².